The summed E-state index contributed by atoms with van der Waals surface area (Å²) in [6.07, 6.45) is 0.103. The number of oxime groups is 1. The number of hydrogen-bond acceptors (Lipinski definition) is 5. The summed E-state index contributed by atoms with van der Waals surface area (Å²) >= 11 is 0. The molecule has 0 amide bonds. The molecule has 0 aromatic heterocycles. The highest BCUT2D eigenvalue weighted by molar-refractivity contribution is 7.91. The lowest BCUT2D eigenvalue weighted by Crippen LogP contribution is -2.24. The van der Waals surface area contributed by atoms with Crippen LogP contribution in [-0.2, 0) is 14.7 Å². The Morgan fingerprint density at radius 2 is 2.19 bits per heavy atom. The topological polar surface area (TPSA) is 93.0 Å². The van der Waals surface area contributed by atoms with E-state index in [0.717, 1.165) is 0 Å². The lowest BCUT2D eigenvalue weighted by molar-refractivity contribution is 0.0696. The van der Waals surface area contributed by atoms with E-state index in [-0.39, 0.29) is 34.8 Å². The molecule has 2 rings (SSSR count). The molecule has 1 heterocycles. The fraction of sp³-hybridized carbons (Fsp3) is 0.385. The van der Waals surface area contributed by atoms with Gasteiger partial charge in [-0.25, -0.2) is 17.6 Å². The highest BCUT2D eigenvalue weighted by atomic mass is 32.2. The Morgan fingerprint density at radius 1 is 1.48 bits per heavy atom. The quantitative estimate of drug-likeness (QED) is 0.672. The molecule has 0 unspecified atom stereocenters. The Hall–Kier alpha value is -1.96. The van der Waals surface area contributed by atoms with Crippen molar-refractivity contribution in [3.8, 4) is 0 Å². The van der Waals surface area contributed by atoms with Crippen LogP contribution in [0.3, 0.4) is 0 Å². The predicted molar refractivity (Wildman–Crippen MR) is 73.3 cm³/mol. The second kappa shape index (κ2) is 5.80. The number of fused-ring (bicyclic) bond motifs is 1. The molecule has 114 valence electrons. The van der Waals surface area contributed by atoms with Gasteiger partial charge in [0.1, 0.15) is 13.3 Å². The summed E-state index contributed by atoms with van der Waals surface area (Å²) < 4.78 is 36.2. The normalized spacial score (nSPS) is 18.3. The van der Waals surface area contributed by atoms with Crippen LogP contribution in [0.1, 0.15) is 27.9 Å². The van der Waals surface area contributed by atoms with Gasteiger partial charge in [0.25, 0.3) is 0 Å². The molecular formula is C13H14FNO5S. The molecule has 0 aliphatic carbocycles. The van der Waals surface area contributed by atoms with Gasteiger partial charge in [-0.3, -0.25) is 0 Å². The van der Waals surface area contributed by atoms with Crippen molar-refractivity contribution >= 4 is 21.5 Å². The van der Waals surface area contributed by atoms with Gasteiger partial charge in [-0.15, -0.1) is 0 Å². The van der Waals surface area contributed by atoms with Crippen LogP contribution in [0, 0.1) is 6.92 Å². The van der Waals surface area contributed by atoms with Gasteiger partial charge in [-0.05, 0) is 24.6 Å². The number of aromatic carboxylic acids is 1. The second-order valence-electron chi connectivity index (χ2n) is 4.55. The van der Waals surface area contributed by atoms with Crippen LogP contribution in [0.5, 0.6) is 0 Å². The molecule has 21 heavy (non-hydrogen) atoms. The van der Waals surface area contributed by atoms with Crippen LogP contribution < -0.4 is 0 Å². The average Bonchev–Trinajstić information content (AvgIpc) is 2.41. The molecule has 0 bridgehead atoms. The van der Waals surface area contributed by atoms with Crippen LogP contribution in [0.25, 0.3) is 0 Å². The van der Waals surface area contributed by atoms with Gasteiger partial charge in [0.2, 0.25) is 0 Å². The van der Waals surface area contributed by atoms with Gasteiger partial charge in [-0.2, -0.15) is 0 Å². The SMILES string of the molecule is Cc1c(C(=O)O)ccc2c1/C(=N/OCCF)CCS2(=O)=O. The lowest BCUT2D eigenvalue weighted by atomic mass is 9.97. The van der Waals surface area contributed by atoms with E-state index in [9.17, 15) is 17.6 Å². The minimum Gasteiger partial charge on any atom is -0.478 e. The summed E-state index contributed by atoms with van der Waals surface area (Å²) in [4.78, 5) is 16.0. The number of hydrogen-bond donors (Lipinski definition) is 1. The zero-order chi connectivity index (χ0) is 15.6. The van der Waals surface area contributed by atoms with E-state index in [1.54, 1.807) is 0 Å². The molecule has 0 saturated carbocycles. The van der Waals surface area contributed by atoms with E-state index in [1.807, 2.05) is 0 Å². The van der Waals surface area contributed by atoms with Gasteiger partial charge < -0.3 is 9.94 Å². The van der Waals surface area contributed by atoms with Crippen LogP contribution in [0.2, 0.25) is 0 Å². The maximum Gasteiger partial charge on any atom is 0.335 e. The Balaban J connectivity index is 2.63. The number of nitrogens with zero attached hydrogens (tertiary/aromatic N) is 1. The molecule has 1 aromatic carbocycles. The summed E-state index contributed by atoms with van der Waals surface area (Å²) in [5, 5.41) is 12.9. The van der Waals surface area contributed by atoms with E-state index in [4.69, 9.17) is 9.94 Å². The first-order chi connectivity index (χ1) is 9.88. The third-order valence-electron chi connectivity index (χ3n) is 3.23. The molecule has 0 radical (unpaired) electrons. The molecule has 6 nitrogen and oxygen atoms in total. The van der Waals surface area contributed by atoms with Crippen LogP contribution in [-0.4, -0.2) is 44.2 Å². The van der Waals surface area contributed by atoms with Gasteiger partial charge >= 0.3 is 5.97 Å². The standard InChI is InChI=1S/C13H14FNO5S/c1-8-9(13(16)17)2-3-11-12(8)10(15-20-6-5-14)4-7-21(11,18)19/h2-3H,4-7H2,1H3,(H,16,17)/b15-10+. The number of carbonyl (C=O) groups is 1. The number of carboxylic acids is 1. The molecule has 0 saturated heterocycles. The smallest absolute Gasteiger partial charge is 0.335 e. The summed E-state index contributed by atoms with van der Waals surface area (Å²) in [6.45, 7) is 0.577. The molecule has 0 atom stereocenters. The molecular weight excluding hydrogens is 301 g/mol. The molecule has 1 aliphatic heterocycles. The zero-order valence-electron chi connectivity index (χ0n) is 11.3. The first-order valence-corrected chi connectivity index (χ1v) is 7.88. The largest absolute Gasteiger partial charge is 0.478 e. The van der Waals surface area contributed by atoms with E-state index in [1.165, 1.54) is 19.1 Å². The number of carboxylic acid groups (broad SMARTS) is 1. The van der Waals surface area contributed by atoms with Crippen molar-refractivity contribution < 1.29 is 27.5 Å². The van der Waals surface area contributed by atoms with Gasteiger partial charge in [-0.1, -0.05) is 5.16 Å². The zero-order valence-corrected chi connectivity index (χ0v) is 12.1. The molecule has 1 aromatic rings. The Kier molecular flexibility index (Phi) is 4.26. The minimum absolute atomic E-state index is 0.00374. The summed E-state index contributed by atoms with van der Waals surface area (Å²) in [5.74, 6) is -1.29. The van der Waals surface area contributed by atoms with Gasteiger partial charge in [0.15, 0.2) is 9.84 Å². The van der Waals surface area contributed by atoms with Crippen molar-refractivity contribution in [1.82, 2.24) is 0 Å². The fourth-order valence-electron chi connectivity index (χ4n) is 2.25. The average molecular weight is 315 g/mol. The molecule has 1 aliphatic rings. The van der Waals surface area contributed by atoms with Crippen LogP contribution in [0.15, 0.2) is 22.2 Å². The number of rotatable bonds is 4. The first-order valence-electron chi connectivity index (χ1n) is 6.23. The van der Waals surface area contributed by atoms with Crippen molar-refractivity contribution in [3.63, 3.8) is 0 Å². The first kappa shape index (κ1) is 15.4. The third-order valence-corrected chi connectivity index (χ3v) is 4.98. The summed E-state index contributed by atoms with van der Waals surface area (Å²) in [7, 11) is -3.47. The third kappa shape index (κ3) is 2.90. The van der Waals surface area contributed by atoms with E-state index < -0.39 is 22.5 Å². The molecule has 8 heteroatoms. The van der Waals surface area contributed by atoms with Crippen LogP contribution >= 0.6 is 0 Å². The maximum absolute atomic E-state index is 12.1. The van der Waals surface area contributed by atoms with E-state index in [0.29, 0.717) is 11.3 Å². The van der Waals surface area contributed by atoms with Gasteiger partial charge in [0, 0.05) is 12.0 Å². The number of alkyl halides is 1. The summed E-state index contributed by atoms with van der Waals surface area (Å²) in [5.41, 5.74) is 0.892. The Morgan fingerprint density at radius 3 is 2.81 bits per heavy atom. The second-order valence-corrected chi connectivity index (χ2v) is 6.62. The van der Waals surface area contributed by atoms with Crippen LogP contribution in [0.4, 0.5) is 4.39 Å². The maximum atomic E-state index is 12.1. The Labute approximate surface area is 121 Å². The number of sulfone groups is 1. The lowest BCUT2D eigenvalue weighted by Gasteiger charge is -2.21. The Bertz CT molecular complexity index is 712. The van der Waals surface area contributed by atoms with Crippen molar-refractivity contribution in [2.75, 3.05) is 19.0 Å². The molecule has 0 fully saturated rings. The van der Waals surface area contributed by atoms with Crippen molar-refractivity contribution in [1.29, 1.82) is 0 Å². The van der Waals surface area contributed by atoms with Crippen molar-refractivity contribution in [2.45, 2.75) is 18.2 Å². The predicted octanol–water partition coefficient (Wildman–Crippen LogP) is 1.56. The highest BCUT2D eigenvalue weighted by Crippen LogP contribution is 2.30. The van der Waals surface area contributed by atoms with E-state index in [2.05, 4.69) is 5.16 Å². The number of halogens is 1. The number of benzene rings is 1. The van der Waals surface area contributed by atoms with Crippen molar-refractivity contribution in [3.05, 3.63) is 28.8 Å². The van der Waals surface area contributed by atoms with E-state index >= 15 is 0 Å². The van der Waals surface area contributed by atoms with Gasteiger partial charge in [0.05, 0.1) is 21.9 Å². The molecule has 1 N–H and O–H groups in total. The minimum atomic E-state index is -3.47. The molecule has 0 spiro atoms. The highest BCUT2D eigenvalue weighted by Gasteiger charge is 2.31. The fourth-order valence-corrected chi connectivity index (χ4v) is 3.79. The monoisotopic (exact) mass is 315 g/mol. The van der Waals surface area contributed by atoms with Crippen molar-refractivity contribution in [2.24, 2.45) is 5.16 Å². The summed E-state index contributed by atoms with van der Waals surface area (Å²) in [6, 6.07) is 2.53.